The summed E-state index contributed by atoms with van der Waals surface area (Å²) in [6.45, 7) is 0. The Hall–Kier alpha value is -1.69. The lowest BCUT2D eigenvalue weighted by atomic mass is 9.93. The first-order valence-electron chi connectivity index (χ1n) is 5.71. The molecule has 0 aliphatic heterocycles. The van der Waals surface area contributed by atoms with Crippen LogP contribution in [-0.4, -0.2) is 28.0 Å². The van der Waals surface area contributed by atoms with E-state index in [2.05, 4.69) is 9.97 Å². The van der Waals surface area contributed by atoms with Crippen LogP contribution in [0.4, 0.5) is 0 Å². The highest BCUT2D eigenvalue weighted by Crippen LogP contribution is 2.22. The minimum atomic E-state index is -0.641. The molecule has 1 heterocycles. The molecule has 92 valence electrons. The van der Waals surface area contributed by atoms with Gasteiger partial charge in [0.1, 0.15) is 6.10 Å². The van der Waals surface area contributed by atoms with Crippen molar-refractivity contribution in [3.63, 3.8) is 0 Å². The molecule has 1 aromatic rings. The van der Waals surface area contributed by atoms with E-state index in [0.29, 0.717) is 0 Å². The molecule has 0 radical (unpaired) electrons. The van der Waals surface area contributed by atoms with Gasteiger partial charge in [-0.25, -0.2) is 9.97 Å². The number of nitrogens with two attached hydrogens (primary N) is 2. The van der Waals surface area contributed by atoms with Crippen LogP contribution in [0.25, 0.3) is 0 Å². The van der Waals surface area contributed by atoms with Crippen molar-refractivity contribution >= 4 is 5.91 Å². The molecule has 1 aromatic heterocycles. The van der Waals surface area contributed by atoms with Crippen LogP contribution in [0.15, 0.2) is 12.4 Å². The molecule has 2 rings (SSSR count). The van der Waals surface area contributed by atoms with E-state index in [9.17, 15) is 4.79 Å². The predicted molar refractivity (Wildman–Crippen MR) is 61.4 cm³/mol. The lowest BCUT2D eigenvalue weighted by Gasteiger charge is -2.28. The van der Waals surface area contributed by atoms with Gasteiger partial charge in [-0.05, 0) is 19.3 Å². The average molecular weight is 236 g/mol. The Morgan fingerprint density at radius 2 is 2.00 bits per heavy atom. The van der Waals surface area contributed by atoms with Crippen LogP contribution in [0.5, 0.6) is 5.88 Å². The van der Waals surface area contributed by atoms with E-state index >= 15 is 0 Å². The van der Waals surface area contributed by atoms with Crippen LogP contribution < -0.4 is 16.2 Å². The maximum absolute atomic E-state index is 11.2. The third kappa shape index (κ3) is 2.71. The summed E-state index contributed by atoms with van der Waals surface area (Å²) in [5.41, 5.74) is 11.2. The number of carbonyl (C=O) groups excluding carboxylic acids is 1. The molecule has 4 N–H and O–H groups in total. The summed E-state index contributed by atoms with van der Waals surface area (Å²) >= 11 is 0. The van der Waals surface area contributed by atoms with Crippen LogP contribution in [-0.2, 0) is 0 Å². The lowest BCUT2D eigenvalue weighted by molar-refractivity contribution is 0.0967. The normalized spacial score (nSPS) is 24.3. The summed E-state index contributed by atoms with van der Waals surface area (Å²) in [6.07, 6.45) is 6.75. The summed E-state index contributed by atoms with van der Waals surface area (Å²) in [5, 5.41) is 0. The molecule has 1 amide bonds. The Morgan fingerprint density at radius 3 is 2.71 bits per heavy atom. The van der Waals surface area contributed by atoms with Gasteiger partial charge in [-0.1, -0.05) is 6.42 Å². The van der Waals surface area contributed by atoms with Gasteiger partial charge in [-0.3, -0.25) is 4.79 Å². The minimum Gasteiger partial charge on any atom is -0.471 e. The smallest absolute Gasteiger partial charge is 0.272 e. The van der Waals surface area contributed by atoms with Crippen molar-refractivity contribution in [3.05, 3.63) is 18.1 Å². The van der Waals surface area contributed by atoms with Gasteiger partial charge in [0.2, 0.25) is 5.88 Å². The average Bonchev–Trinajstić information content (AvgIpc) is 2.32. The molecular formula is C11H16N4O2. The van der Waals surface area contributed by atoms with E-state index in [1.807, 2.05) is 0 Å². The van der Waals surface area contributed by atoms with Crippen LogP contribution in [0.1, 0.15) is 36.2 Å². The van der Waals surface area contributed by atoms with E-state index in [1.54, 1.807) is 0 Å². The summed E-state index contributed by atoms with van der Waals surface area (Å²) in [7, 11) is 0. The topological polar surface area (TPSA) is 104 Å². The van der Waals surface area contributed by atoms with Gasteiger partial charge in [-0.2, -0.15) is 0 Å². The Labute approximate surface area is 99.4 Å². The fourth-order valence-electron chi connectivity index (χ4n) is 2.00. The molecular weight excluding hydrogens is 220 g/mol. The second-order valence-electron chi connectivity index (χ2n) is 4.18. The number of aromatic nitrogens is 2. The SMILES string of the molecule is NC(=O)c1nccnc1OC1CCCCC1N. The summed E-state index contributed by atoms with van der Waals surface area (Å²) in [5.74, 6) is -0.458. The molecule has 1 saturated carbocycles. The number of ether oxygens (including phenoxy) is 1. The second kappa shape index (κ2) is 5.09. The van der Waals surface area contributed by atoms with Crippen LogP contribution in [0.2, 0.25) is 0 Å². The number of rotatable bonds is 3. The zero-order valence-electron chi connectivity index (χ0n) is 9.50. The number of hydrogen-bond donors (Lipinski definition) is 2. The van der Waals surface area contributed by atoms with Gasteiger partial charge < -0.3 is 16.2 Å². The molecule has 17 heavy (non-hydrogen) atoms. The van der Waals surface area contributed by atoms with E-state index in [4.69, 9.17) is 16.2 Å². The summed E-state index contributed by atoms with van der Waals surface area (Å²) in [4.78, 5) is 19.0. The standard InChI is InChI=1S/C11H16N4O2/c12-7-3-1-2-4-8(7)17-11-9(10(13)16)14-5-6-15-11/h5-8H,1-4,12H2,(H2,13,16). The van der Waals surface area contributed by atoms with Gasteiger partial charge in [0.25, 0.3) is 5.91 Å². The van der Waals surface area contributed by atoms with Crippen LogP contribution in [0, 0.1) is 0 Å². The largest absolute Gasteiger partial charge is 0.471 e. The number of carbonyl (C=O) groups is 1. The van der Waals surface area contributed by atoms with E-state index in [1.165, 1.54) is 12.4 Å². The lowest BCUT2D eigenvalue weighted by Crippen LogP contribution is -2.41. The highest BCUT2D eigenvalue weighted by atomic mass is 16.5. The highest BCUT2D eigenvalue weighted by molar-refractivity contribution is 5.92. The third-order valence-corrected chi connectivity index (χ3v) is 2.91. The van der Waals surface area contributed by atoms with Crippen molar-refractivity contribution in [3.8, 4) is 5.88 Å². The van der Waals surface area contributed by atoms with Crippen LogP contribution >= 0.6 is 0 Å². The molecule has 0 aromatic carbocycles. The number of nitrogens with zero attached hydrogens (tertiary/aromatic N) is 2. The van der Waals surface area contributed by atoms with Crippen molar-refractivity contribution in [1.29, 1.82) is 0 Å². The maximum atomic E-state index is 11.2. The molecule has 0 bridgehead atoms. The Kier molecular flexibility index (Phi) is 3.53. The third-order valence-electron chi connectivity index (χ3n) is 2.91. The first-order valence-corrected chi connectivity index (χ1v) is 5.71. The zero-order chi connectivity index (χ0) is 12.3. The fraction of sp³-hybridized carbons (Fsp3) is 0.545. The quantitative estimate of drug-likeness (QED) is 0.781. The Balaban J connectivity index is 2.14. The van der Waals surface area contributed by atoms with Gasteiger partial charge >= 0.3 is 0 Å². The molecule has 2 unspecified atom stereocenters. The second-order valence-corrected chi connectivity index (χ2v) is 4.18. The van der Waals surface area contributed by atoms with E-state index in [0.717, 1.165) is 25.7 Å². The molecule has 0 saturated heterocycles. The highest BCUT2D eigenvalue weighted by Gasteiger charge is 2.25. The van der Waals surface area contributed by atoms with E-state index in [-0.39, 0.29) is 23.7 Å². The molecule has 0 spiro atoms. The molecule has 6 nitrogen and oxygen atoms in total. The van der Waals surface area contributed by atoms with Gasteiger partial charge in [0.05, 0.1) is 0 Å². The van der Waals surface area contributed by atoms with Gasteiger partial charge in [0.15, 0.2) is 5.69 Å². The van der Waals surface area contributed by atoms with Crippen molar-refractivity contribution in [2.75, 3.05) is 0 Å². The number of primary amides is 1. The molecule has 6 heteroatoms. The zero-order valence-corrected chi connectivity index (χ0v) is 9.50. The van der Waals surface area contributed by atoms with Crippen LogP contribution in [0.3, 0.4) is 0 Å². The fourth-order valence-corrected chi connectivity index (χ4v) is 2.00. The summed E-state index contributed by atoms with van der Waals surface area (Å²) in [6, 6.07) is -0.0218. The Bertz CT molecular complexity index is 410. The molecule has 1 fully saturated rings. The molecule has 2 atom stereocenters. The van der Waals surface area contributed by atoms with Gasteiger partial charge in [0, 0.05) is 18.4 Å². The Morgan fingerprint density at radius 1 is 1.29 bits per heavy atom. The molecule has 1 aliphatic rings. The monoisotopic (exact) mass is 236 g/mol. The number of hydrogen-bond acceptors (Lipinski definition) is 5. The number of amides is 1. The van der Waals surface area contributed by atoms with Crippen molar-refractivity contribution in [1.82, 2.24) is 9.97 Å². The van der Waals surface area contributed by atoms with E-state index < -0.39 is 5.91 Å². The first kappa shape index (κ1) is 11.8. The van der Waals surface area contributed by atoms with Crippen molar-refractivity contribution in [2.45, 2.75) is 37.8 Å². The minimum absolute atomic E-state index is 0.0218. The molecule has 1 aliphatic carbocycles. The van der Waals surface area contributed by atoms with Gasteiger partial charge in [-0.15, -0.1) is 0 Å². The first-order chi connectivity index (χ1) is 8.18. The summed E-state index contributed by atoms with van der Waals surface area (Å²) < 4.78 is 5.66. The van der Waals surface area contributed by atoms with Crippen molar-refractivity contribution < 1.29 is 9.53 Å². The predicted octanol–water partition coefficient (Wildman–Crippen LogP) is 0.224. The maximum Gasteiger partial charge on any atom is 0.272 e. The van der Waals surface area contributed by atoms with Crippen molar-refractivity contribution in [2.24, 2.45) is 11.5 Å².